The van der Waals surface area contributed by atoms with E-state index in [-0.39, 0.29) is 0 Å². The highest BCUT2D eigenvalue weighted by atomic mass is 16.5. The topological polar surface area (TPSA) is 24.5 Å². The molecule has 1 N–H and O–H groups in total. The van der Waals surface area contributed by atoms with Gasteiger partial charge >= 0.3 is 0 Å². The van der Waals surface area contributed by atoms with Crippen LogP contribution in [0.5, 0.6) is 0 Å². The van der Waals surface area contributed by atoms with Crippen LogP contribution in [0.25, 0.3) is 0 Å². The molecule has 3 nitrogen and oxygen atoms in total. The first-order valence-electron chi connectivity index (χ1n) is 7.29. The zero-order valence-electron chi connectivity index (χ0n) is 11.9. The molecular formula is C14H30N2O. The van der Waals surface area contributed by atoms with E-state index in [0.717, 1.165) is 26.2 Å². The molecule has 1 rings (SSSR count). The van der Waals surface area contributed by atoms with Crippen molar-refractivity contribution in [3.63, 3.8) is 0 Å². The van der Waals surface area contributed by atoms with Crippen molar-refractivity contribution in [1.29, 1.82) is 0 Å². The molecule has 0 aromatic heterocycles. The minimum absolute atomic E-state index is 0.474. The molecule has 0 saturated carbocycles. The lowest BCUT2D eigenvalue weighted by Crippen LogP contribution is -2.39. The molecule has 1 heterocycles. The lowest BCUT2D eigenvalue weighted by molar-refractivity contribution is -0.00130. The van der Waals surface area contributed by atoms with Crippen LogP contribution in [0.1, 0.15) is 46.0 Å². The van der Waals surface area contributed by atoms with Crippen LogP contribution in [-0.4, -0.2) is 50.3 Å². The van der Waals surface area contributed by atoms with Crippen LogP contribution < -0.4 is 5.32 Å². The standard InChI is InChI=1S/C14H30N2O/c1-4-13(5-2)15-9-10-16(3)12-14-8-6-7-11-17-14/h13-15H,4-12H2,1-3H3. The van der Waals surface area contributed by atoms with Gasteiger partial charge in [-0.25, -0.2) is 0 Å². The van der Waals surface area contributed by atoms with E-state index in [1.165, 1.54) is 32.1 Å². The lowest BCUT2D eigenvalue weighted by Gasteiger charge is -2.27. The van der Waals surface area contributed by atoms with E-state index in [0.29, 0.717) is 12.1 Å². The van der Waals surface area contributed by atoms with Gasteiger partial charge < -0.3 is 15.0 Å². The third-order valence-corrected chi connectivity index (χ3v) is 3.70. The largest absolute Gasteiger partial charge is 0.377 e. The number of hydrogen-bond acceptors (Lipinski definition) is 3. The van der Waals surface area contributed by atoms with Crippen molar-refractivity contribution in [2.75, 3.05) is 33.3 Å². The number of nitrogens with one attached hydrogen (secondary N) is 1. The molecule has 0 aliphatic carbocycles. The Morgan fingerprint density at radius 1 is 1.29 bits per heavy atom. The molecule has 1 fully saturated rings. The van der Waals surface area contributed by atoms with Crippen LogP contribution in [0, 0.1) is 0 Å². The predicted octanol–water partition coefficient (Wildman–Crippen LogP) is 2.27. The maximum absolute atomic E-state index is 5.76. The van der Waals surface area contributed by atoms with Crippen molar-refractivity contribution < 1.29 is 4.74 Å². The second-order valence-corrected chi connectivity index (χ2v) is 5.22. The van der Waals surface area contributed by atoms with Gasteiger partial charge in [-0.2, -0.15) is 0 Å². The van der Waals surface area contributed by atoms with Gasteiger partial charge in [-0.1, -0.05) is 13.8 Å². The van der Waals surface area contributed by atoms with Gasteiger partial charge in [-0.15, -0.1) is 0 Å². The average molecular weight is 242 g/mol. The fraction of sp³-hybridized carbons (Fsp3) is 1.00. The Morgan fingerprint density at radius 3 is 2.65 bits per heavy atom. The lowest BCUT2D eigenvalue weighted by atomic mass is 10.1. The Hall–Kier alpha value is -0.120. The van der Waals surface area contributed by atoms with E-state index in [2.05, 4.69) is 31.1 Å². The minimum Gasteiger partial charge on any atom is -0.377 e. The monoisotopic (exact) mass is 242 g/mol. The third-order valence-electron chi connectivity index (χ3n) is 3.70. The van der Waals surface area contributed by atoms with Crippen LogP contribution in [0.2, 0.25) is 0 Å². The summed E-state index contributed by atoms with van der Waals surface area (Å²) in [7, 11) is 2.20. The summed E-state index contributed by atoms with van der Waals surface area (Å²) in [5, 5.41) is 3.60. The minimum atomic E-state index is 0.474. The van der Waals surface area contributed by atoms with Crippen molar-refractivity contribution in [3.05, 3.63) is 0 Å². The molecular weight excluding hydrogens is 212 g/mol. The zero-order chi connectivity index (χ0) is 12.5. The second-order valence-electron chi connectivity index (χ2n) is 5.22. The molecule has 0 aromatic rings. The van der Waals surface area contributed by atoms with Gasteiger partial charge in [-0.05, 0) is 39.2 Å². The summed E-state index contributed by atoms with van der Waals surface area (Å²) in [6.07, 6.45) is 6.75. The zero-order valence-corrected chi connectivity index (χ0v) is 11.9. The molecule has 102 valence electrons. The Balaban J connectivity index is 2.05. The highest BCUT2D eigenvalue weighted by Crippen LogP contribution is 2.13. The van der Waals surface area contributed by atoms with Crippen molar-refractivity contribution in [1.82, 2.24) is 10.2 Å². The smallest absolute Gasteiger partial charge is 0.0701 e. The number of ether oxygens (including phenoxy) is 1. The Kier molecular flexibility index (Phi) is 7.82. The van der Waals surface area contributed by atoms with Crippen molar-refractivity contribution in [2.45, 2.75) is 58.1 Å². The van der Waals surface area contributed by atoms with E-state index in [1.54, 1.807) is 0 Å². The summed E-state index contributed by atoms with van der Waals surface area (Å²) >= 11 is 0. The molecule has 0 amide bonds. The molecule has 17 heavy (non-hydrogen) atoms. The molecule has 0 radical (unpaired) electrons. The molecule has 0 aromatic carbocycles. The van der Waals surface area contributed by atoms with Crippen LogP contribution in [0.15, 0.2) is 0 Å². The van der Waals surface area contributed by atoms with E-state index < -0.39 is 0 Å². The Morgan fingerprint density at radius 2 is 2.06 bits per heavy atom. The number of hydrogen-bond donors (Lipinski definition) is 1. The summed E-state index contributed by atoms with van der Waals surface area (Å²) in [6, 6.07) is 0.689. The van der Waals surface area contributed by atoms with Gasteiger partial charge in [0, 0.05) is 32.3 Å². The SMILES string of the molecule is CCC(CC)NCCN(C)CC1CCCCO1. The van der Waals surface area contributed by atoms with Gasteiger partial charge in [0.1, 0.15) is 0 Å². The van der Waals surface area contributed by atoms with E-state index >= 15 is 0 Å². The van der Waals surface area contributed by atoms with E-state index in [1.807, 2.05) is 0 Å². The molecule has 1 unspecified atom stereocenters. The van der Waals surface area contributed by atoms with Gasteiger partial charge in [0.25, 0.3) is 0 Å². The summed E-state index contributed by atoms with van der Waals surface area (Å²) in [4.78, 5) is 2.39. The number of rotatable bonds is 8. The maximum atomic E-state index is 5.76. The molecule has 0 spiro atoms. The third kappa shape index (κ3) is 6.39. The van der Waals surface area contributed by atoms with E-state index in [4.69, 9.17) is 4.74 Å². The summed E-state index contributed by atoms with van der Waals surface area (Å²) in [5.41, 5.74) is 0. The maximum Gasteiger partial charge on any atom is 0.0701 e. The van der Waals surface area contributed by atoms with Gasteiger partial charge in [0.2, 0.25) is 0 Å². The van der Waals surface area contributed by atoms with E-state index in [9.17, 15) is 0 Å². The summed E-state index contributed by atoms with van der Waals surface area (Å²) < 4.78 is 5.76. The predicted molar refractivity (Wildman–Crippen MR) is 73.5 cm³/mol. The fourth-order valence-electron chi connectivity index (χ4n) is 2.43. The quantitative estimate of drug-likeness (QED) is 0.706. The number of likely N-dealkylation sites (N-methyl/N-ethyl adjacent to an activating group) is 1. The van der Waals surface area contributed by atoms with Gasteiger partial charge in [0.05, 0.1) is 6.10 Å². The molecule has 1 atom stereocenters. The van der Waals surface area contributed by atoms with Crippen LogP contribution in [0.3, 0.4) is 0 Å². The molecule has 1 aliphatic heterocycles. The van der Waals surface area contributed by atoms with Crippen molar-refractivity contribution in [3.8, 4) is 0 Å². The number of nitrogens with zero attached hydrogens (tertiary/aromatic N) is 1. The first kappa shape index (κ1) is 14.9. The van der Waals surface area contributed by atoms with Crippen molar-refractivity contribution in [2.24, 2.45) is 0 Å². The van der Waals surface area contributed by atoms with Crippen molar-refractivity contribution >= 4 is 0 Å². The average Bonchev–Trinajstić information content (AvgIpc) is 2.36. The normalized spacial score (nSPS) is 21.4. The summed E-state index contributed by atoms with van der Waals surface area (Å²) in [5.74, 6) is 0. The molecule has 1 aliphatic rings. The molecule has 1 saturated heterocycles. The van der Waals surface area contributed by atoms with Gasteiger partial charge in [-0.3, -0.25) is 0 Å². The van der Waals surface area contributed by atoms with Crippen LogP contribution in [-0.2, 0) is 4.74 Å². The first-order chi connectivity index (χ1) is 8.26. The van der Waals surface area contributed by atoms with Crippen LogP contribution >= 0.6 is 0 Å². The molecule has 0 bridgehead atoms. The highest BCUT2D eigenvalue weighted by molar-refractivity contribution is 4.69. The van der Waals surface area contributed by atoms with Gasteiger partial charge in [0.15, 0.2) is 0 Å². The Labute approximate surface area is 107 Å². The highest BCUT2D eigenvalue weighted by Gasteiger charge is 2.15. The summed E-state index contributed by atoms with van der Waals surface area (Å²) in [6.45, 7) is 8.77. The Bertz CT molecular complexity index is 177. The molecule has 3 heteroatoms. The first-order valence-corrected chi connectivity index (χ1v) is 7.29. The fourth-order valence-corrected chi connectivity index (χ4v) is 2.43. The second kappa shape index (κ2) is 8.90. The van der Waals surface area contributed by atoms with Crippen LogP contribution in [0.4, 0.5) is 0 Å².